The van der Waals surface area contributed by atoms with Crippen molar-refractivity contribution in [1.29, 1.82) is 5.26 Å². The second-order valence-electron chi connectivity index (χ2n) is 1.85. The molecule has 0 atom stereocenters. The summed E-state index contributed by atoms with van der Waals surface area (Å²) >= 11 is 0. The lowest BCUT2D eigenvalue weighted by molar-refractivity contribution is 0.935. The van der Waals surface area contributed by atoms with E-state index < -0.39 is 0 Å². The molecule has 3 heteroatoms. The van der Waals surface area contributed by atoms with Gasteiger partial charge in [0.1, 0.15) is 11.9 Å². The number of nitrogens with zero attached hydrogens (tertiary/aromatic N) is 3. The van der Waals surface area contributed by atoms with Gasteiger partial charge in [0.25, 0.3) is 0 Å². The predicted molar refractivity (Wildman–Crippen MR) is 36.1 cm³/mol. The number of rotatable bonds is 1. The molecule has 0 spiro atoms. The molecular formula is C7H7N3. The third-order valence-corrected chi connectivity index (χ3v) is 1.15. The van der Waals surface area contributed by atoms with Crippen molar-refractivity contribution >= 4 is 0 Å². The number of hydrogen-bond acceptors (Lipinski definition) is 3. The van der Waals surface area contributed by atoms with Gasteiger partial charge in [-0.1, -0.05) is 6.92 Å². The van der Waals surface area contributed by atoms with Crippen molar-refractivity contribution in [2.45, 2.75) is 13.3 Å². The standard InChI is InChI=1S/C7H7N3/c1-2-7-9-4-6(3-8)5-10-7/h4-5H,2H2,1H3. The summed E-state index contributed by atoms with van der Waals surface area (Å²) in [5.74, 6) is 0.777. The molecule has 0 aliphatic rings. The fourth-order valence-corrected chi connectivity index (χ4v) is 0.595. The molecule has 50 valence electrons. The smallest absolute Gasteiger partial charge is 0.128 e. The lowest BCUT2D eigenvalue weighted by atomic mass is 10.3. The predicted octanol–water partition coefficient (Wildman–Crippen LogP) is 0.911. The summed E-state index contributed by atoms with van der Waals surface area (Å²) in [5, 5.41) is 8.37. The van der Waals surface area contributed by atoms with Crippen LogP contribution in [0.25, 0.3) is 0 Å². The van der Waals surface area contributed by atoms with Crippen molar-refractivity contribution in [3.8, 4) is 6.07 Å². The van der Waals surface area contributed by atoms with Crippen molar-refractivity contribution < 1.29 is 0 Å². The van der Waals surface area contributed by atoms with E-state index in [4.69, 9.17) is 5.26 Å². The second-order valence-corrected chi connectivity index (χ2v) is 1.85. The van der Waals surface area contributed by atoms with Crippen LogP contribution in [-0.2, 0) is 6.42 Å². The zero-order valence-corrected chi connectivity index (χ0v) is 5.70. The quantitative estimate of drug-likeness (QED) is 0.572. The highest BCUT2D eigenvalue weighted by Gasteiger charge is 1.91. The van der Waals surface area contributed by atoms with E-state index in [0.717, 1.165) is 12.2 Å². The van der Waals surface area contributed by atoms with E-state index in [1.807, 2.05) is 13.0 Å². The van der Waals surface area contributed by atoms with Crippen LogP contribution in [0.1, 0.15) is 18.3 Å². The Morgan fingerprint density at radius 3 is 2.50 bits per heavy atom. The van der Waals surface area contributed by atoms with E-state index in [2.05, 4.69) is 9.97 Å². The molecule has 0 N–H and O–H groups in total. The van der Waals surface area contributed by atoms with Crippen LogP contribution in [-0.4, -0.2) is 9.97 Å². The molecule has 0 aliphatic carbocycles. The minimum atomic E-state index is 0.511. The molecule has 3 nitrogen and oxygen atoms in total. The van der Waals surface area contributed by atoms with Crippen LogP contribution in [0.2, 0.25) is 0 Å². The lowest BCUT2D eigenvalue weighted by Crippen LogP contribution is -1.91. The maximum atomic E-state index is 8.37. The molecule has 1 rings (SSSR count). The van der Waals surface area contributed by atoms with E-state index in [1.165, 1.54) is 12.4 Å². The number of aryl methyl sites for hydroxylation is 1. The van der Waals surface area contributed by atoms with Crippen LogP contribution in [0.4, 0.5) is 0 Å². The summed E-state index contributed by atoms with van der Waals surface area (Å²) in [6.07, 6.45) is 3.88. The lowest BCUT2D eigenvalue weighted by Gasteiger charge is -1.91. The van der Waals surface area contributed by atoms with Gasteiger partial charge < -0.3 is 0 Å². The van der Waals surface area contributed by atoms with Crippen LogP contribution in [0.15, 0.2) is 12.4 Å². The molecule has 1 heterocycles. The number of aromatic nitrogens is 2. The van der Waals surface area contributed by atoms with Crippen molar-refractivity contribution in [3.63, 3.8) is 0 Å². The Morgan fingerprint density at radius 2 is 2.10 bits per heavy atom. The molecule has 0 saturated heterocycles. The number of hydrogen-bond donors (Lipinski definition) is 0. The van der Waals surface area contributed by atoms with Crippen molar-refractivity contribution in [3.05, 3.63) is 23.8 Å². The average Bonchev–Trinajstić information content (AvgIpc) is 2.05. The third kappa shape index (κ3) is 1.29. The summed E-state index contributed by atoms with van der Waals surface area (Å²) in [6, 6.07) is 1.95. The van der Waals surface area contributed by atoms with E-state index in [0.29, 0.717) is 5.56 Å². The molecule has 0 saturated carbocycles. The van der Waals surface area contributed by atoms with Crippen LogP contribution in [0, 0.1) is 11.3 Å². The van der Waals surface area contributed by atoms with Gasteiger partial charge in [0.2, 0.25) is 0 Å². The van der Waals surface area contributed by atoms with Gasteiger partial charge in [0.15, 0.2) is 0 Å². The van der Waals surface area contributed by atoms with Crippen LogP contribution < -0.4 is 0 Å². The van der Waals surface area contributed by atoms with Gasteiger partial charge in [0, 0.05) is 18.8 Å². The minimum absolute atomic E-state index is 0.511. The summed E-state index contributed by atoms with van der Waals surface area (Å²) < 4.78 is 0. The van der Waals surface area contributed by atoms with Gasteiger partial charge in [-0.15, -0.1) is 0 Å². The average molecular weight is 133 g/mol. The Kier molecular flexibility index (Phi) is 1.96. The van der Waals surface area contributed by atoms with Crippen molar-refractivity contribution in [2.24, 2.45) is 0 Å². The van der Waals surface area contributed by atoms with Crippen LogP contribution in [0.5, 0.6) is 0 Å². The first kappa shape index (κ1) is 6.69. The highest BCUT2D eigenvalue weighted by Crippen LogP contribution is 1.93. The first-order chi connectivity index (χ1) is 4.86. The summed E-state index contributed by atoms with van der Waals surface area (Å²) in [7, 11) is 0. The van der Waals surface area contributed by atoms with Gasteiger partial charge in [0.05, 0.1) is 5.56 Å². The topological polar surface area (TPSA) is 49.6 Å². The fraction of sp³-hybridized carbons (Fsp3) is 0.286. The molecule has 0 aromatic carbocycles. The fourth-order valence-electron chi connectivity index (χ4n) is 0.595. The molecular weight excluding hydrogens is 126 g/mol. The first-order valence-corrected chi connectivity index (χ1v) is 3.08. The van der Waals surface area contributed by atoms with Gasteiger partial charge in [-0.2, -0.15) is 5.26 Å². The normalized spacial score (nSPS) is 8.80. The maximum Gasteiger partial charge on any atom is 0.128 e. The Morgan fingerprint density at radius 1 is 1.50 bits per heavy atom. The monoisotopic (exact) mass is 133 g/mol. The minimum Gasteiger partial charge on any atom is -0.240 e. The molecule has 10 heavy (non-hydrogen) atoms. The highest BCUT2D eigenvalue weighted by molar-refractivity contribution is 5.21. The summed E-state index contributed by atoms with van der Waals surface area (Å²) in [4.78, 5) is 7.87. The number of nitriles is 1. The Labute approximate surface area is 59.4 Å². The van der Waals surface area contributed by atoms with E-state index in [-0.39, 0.29) is 0 Å². The molecule has 1 aromatic rings. The maximum absolute atomic E-state index is 8.37. The SMILES string of the molecule is CCc1ncc(C#N)cn1. The highest BCUT2D eigenvalue weighted by atomic mass is 14.9. The second kappa shape index (κ2) is 2.92. The molecule has 1 aromatic heterocycles. The van der Waals surface area contributed by atoms with Gasteiger partial charge in [-0.3, -0.25) is 0 Å². The summed E-state index contributed by atoms with van der Waals surface area (Å²) in [6.45, 7) is 1.97. The van der Waals surface area contributed by atoms with Crippen molar-refractivity contribution in [2.75, 3.05) is 0 Å². The Hall–Kier alpha value is -1.43. The Balaban J connectivity index is 2.93. The van der Waals surface area contributed by atoms with E-state index in [9.17, 15) is 0 Å². The van der Waals surface area contributed by atoms with E-state index in [1.54, 1.807) is 0 Å². The van der Waals surface area contributed by atoms with Gasteiger partial charge in [-0.25, -0.2) is 9.97 Å². The third-order valence-electron chi connectivity index (χ3n) is 1.15. The largest absolute Gasteiger partial charge is 0.240 e. The summed E-state index contributed by atoms with van der Waals surface area (Å²) in [5.41, 5.74) is 0.511. The van der Waals surface area contributed by atoms with Crippen LogP contribution >= 0.6 is 0 Å². The molecule has 0 amide bonds. The van der Waals surface area contributed by atoms with Crippen LogP contribution in [0.3, 0.4) is 0 Å². The molecule has 0 radical (unpaired) electrons. The molecule has 0 bridgehead atoms. The Bertz CT molecular complexity index is 245. The zero-order valence-electron chi connectivity index (χ0n) is 5.70. The van der Waals surface area contributed by atoms with Crippen molar-refractivity contribution in [1.82, 2.24) is 9.97 Å². The zero-order chi connectivity index (χ0) is 7.40. The molecule has 0 aliphatic heterocycles. The van der Waals surface area contributed by atoms with Gasteiger partial charge >= 0.3 is 0 Å². The molecule has 0 unspecified atom stereocenters. The van der Waals surface area contributed by atoms with Gasteiger partial charge in [-0.05, 0) is 0 Å². The molecule has 0 fully saturated rings. The first-order valence-electron chi connectivity index (χ1n) is 3.08. The van der Waals surface area contributed by atoms with E-state index >= 15 is 0 Å².